The van der Waals surface area contributed by atoms with E-state index in [1.165, 1.54) is 31.4 Å². The number of rotatable bonds is 5. The number of fused-ring (bicyclic) bond motifs is 1. The van der Waals surface area contributed by atoms with Crippen LogP contribution in [0, 0.1) is 0 Å². The van der Waals surface area contributed by atoms with E-state index in [1.807, 2.05) is 0 Å². The highest BCUT2D eigenvalue weighted by Crippen LogP contribution is 2.38. The van der Waals surface area contributed by atoms with Gasteiger partial charge in [-0.2, -0.15) is 18.3 Å². The number of benzene rings is 1. The molecule has 11 heteroatoms. The van der Waals surface area contributed by atoms with Crippen molar-refractivity contribution < 1.29 is 22.7 Å². The standard InChI is InChI=1S/C20H19F3N6O2/c1-24-18(30)12-5-2-3-6-14(12)27-15-9-17(25-10-13(15)20(21,22)23)28-16-11-26-29-7-4-8-31-19(16)29/h2-3,5-6,9-11H,4,7-8H2,1H3,(H,24,30)(H2,25,27,28). The molecule has 0 atom stereocenters. The van der Waals surface area contributed by atoms with Crippen molar-refractivity contribution in [2.24, 2.45) is 0 Å². The van der Waals surface area contributed by atoms with Gasteiger partial charge in [-0.05, 0) is 12.1 Å². The normalized spacial score (nSPS) is 13.2. The molecule has 0 unspecified atom stereocenters. The molecule has 31 heavy (non-hydrogen) atoms. The molecule has 4 rings (SSSR count). The first kappa shape index (κ1) is 20.5. The maximum atomic E-state index is 13.6. The van der Waals surface area contributed by atoms with Crippen LogP contribution >= 0.6 is 0 Å². The molecule has 3 heterocycles. The molecule has 162 valence electrons. The van der Waals surface area contributed by atoms with Gasteiger partial charge >= 0.3 is 6.18 Å². The topological polar surface area (TPSA) is 93.1 Å². The molecule has 1 aliphatic rings. The summed E-state index contributed by atoms with van der Waals surface area (Å²) < 4.78 is 48.1. The van der Waals surface area contributed by atoms with Crippen LogP contribution in [0.1, 0.15) is 22.3 Å². The van der Waals surface area contributed by atoms with Gasteiger partial charge in [0.05, 0.1) is 35.3 Å². The number of halogens is 3. The largest absolute Gasteiger partial charge is 0.476 e. The summed E-state index contributed by atoms with van der Waals surface area (Å²) in [6.07, 6.45) is -1.54. The molecular formula is C20H19F3N6O2. The van der Waals surface area contributed by atoms with Crippen molar-refractivity contribution in [3.8, 4) is 5.88 Å². The molecule has 0 saturated carbocycles. The van der Waals surface area contributed by atoms with Gasteiger partial charge in [0.2, 0.25) is 5.88 Å². The summed E-state index contributed by atoms with van der Waals surface area (Å²) in [4.78, 5) is 16.0. The molecule has 2 aromatic heterocycles. The average molecular weight is 432 g/mol. The van der Waals surface area contributed by atoms with E-state index in [1.54, 1.807) is 16.8 Å². The summed E-state index contributed by atoms with van der Waals surface area (Å²) in [7, 11) is 1.45. The number of anilines is 4. The molecule has 3 aromatic rings. The lowest BCUT2D eigenvalue weighted by Crippen LogP contribution is -2.19. The maximum Gasteiger partial charge on any atom is 0.419 e. The van der Waals surface area contributed by atoms with Crippen LogP contribution in [0.25, 0.3) is 0 Å². The molecule has 0 aliphatic carbocycles. The zero-order chi connectivity index (χ0) is 22.0. The molecule has 1 amide bonds. The summed E-state index contributed by atoms with van der Waals surface area (Å²) in [5, 5.41) is 12.4. The maximum absolute atomic E-state index is 13.6. The second-order valence-corrected chi connectivity index (χ2v) is 6.78. The van der Waals surface area contributed by atoms with Crippen molar-refractivity contribution >= 4 is 28.8 Å². The summed E-state index contributed by atoms with van der Waals surface area (Å²) in [5.74, 6) is 0.248. The number of amides is 1. The average Bonchev–Trinajstić information content (AvgIpc) is 3.16. The van der Waals surface area contributed by atoms with Gasteiger partial charge < -0.3 is 20.7 Å². The smallest absolute Gasteiger partial charge is 0.419 e. The van der Waals surface area contributed by atoms with Gasteiger partial charge in [-0.15, -0.1) is 0 Å². The fourth-order valence-corrected chi connectivity index (χ4v) is 3.22. The molecule has 0 bridgehead atoms. The number of aromatic nitrogens is 3. The van der Waals surface area contributed by atoms with Gasteiger partial charge in [-0.25, -0.2) is 9.67 Å². The lowest BCUT2D eigenvalue weighted by atomic mass is 10.1. The number of nitrogens with one attached hydrogen (secondary N) is 3. The minimum atomic E-state index is -4.64. The Morgan fingerprint density at radius 2 is 1.94 bits per heavy atom. The Bertz CT molecular complexity index is 1110. The molecule has 0 saturated heterocycles. The molecule has 3 N–H and O–H groups in total. The zero-order valence-electron chi connectivity index (χ0n) is 16.5. The van der Waals surface area contributed by atoms with Gasteiger partial charge in [-0.3, -0.25) is 4.79 Å². The number of nitrogens with zero attached hydrogens (tertiary/aromatic N) is 3. The van der Waals surface area contributed by atoms with Crippen LogP contribution in [0.3, 0.4) is 0 Å². The molecular weight excluding hydrogens is 413 g/mol. The van der Waals surface area contributed by atoms with Crippen LogP contribution in [0.15, 0.2) is 42.7 Å². The number of hydrogen-bond acceptors (Lipinski definition) is 6. The summed E-state index contributed by atoms with van der Waals surface area (Å²) in [6, 6.07) is 7.53. The van der Waals surface area contributed by atoms with Crippen molar-refractivity contribution in [3.63, 3.8) is 0 Å². The van der Waals surface area contributed by atoms with Crippen molar-refractivity contribution in [2.75, 3.05) is 24.3 Å². The van der Waals surface area contributed by atoms with E-state index in [0.717, 1.165) is 12.6 Å². The number of ether oxygens (including phenoxy) is 1. The monoisotopic (exact) mass is 432 g/mol. The highest BCUT2D eigenvalue weighted by Gasteiger charge is 2.34. The number of hydrogen-bond donors (Lipinski definition) is 3. The first-order chi connectivity index (χ1) is 14.9. The predicted molar refractivity (Wildman–Crippen MR) is 108 cm³/mol. The molecule has 0 radical (unpaired) electrons. The number of aryl methyl sites for hydroxylation is 1. The van der Waals surface area contributed by atoms with Crippen LogP contribution in [0.2, 0.25) is 0 Å². The zero-order valence-corrected chi connectivity index (χ0v) is 16.5. The van der Waals surface area contributed by atoms with Gasteiger partial charge in [0, 0.05) is 32.3 Å². The second-order valence-electron chi connectivity index (χ2n) is 6.78. The minimum Gasteiger partial charge on any atom is -0.476 e. The summed E-state index contributed by atoms with van der Waals surface area (Å²) in [5.41, 5.74) is -0.260. The van der Waals surface area contributed by atoms with Gasteiger partial charge in [-0.1, -0.05) is 12.1 Å². The van der Waals surface area contributed by atoms with E-state index in [-0.39, 0.29) is 22.8 Å². The van der Waals surface area contributed by atoms with E-state index in [0.29, 0.717) is 24.7 Å². The van der Waals surface area contributed by atoms with Crippen LogP contribution in [0.4, 0.5) is 36.1 Å². The van der Waals surface area contributed by atoms with Crippen molar-refractivity contribution in [1.82, 2.24) is 20.1 Å². The Morgan fingerprint density at radius 1 is 1.13 bits per heavy atom. The van der Waals surface area contributed by atoms with Crippen LogP contribution < -0.4 is 20.7 Å². The third-order valence-corrected chi connectivity index (χ3v) is 4.68. The molecule has 8 nitrogen and oxygen atoms in total. The Hall–Kier alpha value is -3.76. The van der Waals surface area contributed by atoms with Crippen molar-refractivity contribution in [2.45, 2.75) is 19.1 Å². The highest BCUT2D eigenvalue weighted by atomic mass is 19.4. The van der Waals surface area contributed by atoms with Crippen molar-refractivity contribution in [3.05, 3.63) is 53.9 Å². The van der Waals surface area contributed by atoms with Crippen LogP contribution in [-0.2, 0) is 12.7 Å². The molecule has 0 spiro atoms. The van der Waals surface area contributed by atoms with Crippen LogP contribution in [0.5, 0.6) is 5.88 Å². The fourth-order valence-electron chi connectivity index (χ4n) is 3.22. The number of pyridine rings is 1. The van der Waals surface area contributed by atoms with E-state index < -0.39 is 17.6 Å². The quantitative estimate of drug-likeness (QED) is 0.566. The number of carbonyl (C=O) groups excluding carboxylic acids is 1. The number of alkyl halides is 3. The second kappa shape index (κ2) is 8.17. The lowest BCUT2D eigenvalue weighted by Gasteiger charge is -2.18. The Morgan fingerprint density at radius 3 is 2.71 bits per heavy atom. The first-order valence-electron chi connectivity index (χ1n) is 9.48. The van der Waals surface area contributed by atoms with Gasteiger partial charge in [0.1, 0.15) is 11.5 Å². The third-order valence-electron chi connectivity index (χ3n) is 4.68. The third kappa shape index (κ3) is 4.25. The van der Waals surface area contributed by atoms with Crippen LogP contribution in [-0.4, -0.2) is 34.3 Å². The first-order valence-corrected chi connectivity index (χ1v) is 9.48. The summed E-state index contributed by atoms with van der Waals surface area (Å²) >= 11 is 0. The van der Waals surface area contributed by atoms with Crippen molar-refractivity contribution in [1.29, 1.82) is 0 Å². The Kier molecular flexibility index (Phi) is 5.40. The number of carbonyl (C=O) groups is 1. The predicted octanol–water partition coefficient (Wildman–Crippen LogP) is 3.93. The van der Waals surface area contributed by atoms with E-state index >= 15 is 0 Å². The lowest BCUT2D eigenvalue weighted by molar-refractivity contribution is -0.137. The fraction of sp³-hybridized carbons (Fsp3) is 0.250. The van der Waals surface area contributed by atoms with E-state index in [9.17, 15) is 18.0 Å². The SMILES string of the molecule is CNC(=O)c1ccccc1Nc1cc(Nc2cnn3c2OCCC3)ncc1C(F)(F)F. The van der Waals surface area contributed by atoms with Gasteiger partial charge in [0.15, 0.2) is 0 Å². The van der Waals surface area contributed by atoms with E-state index in [2.05, 4.69) is 26.0 Å². The molecule has 1 aromatic carbocycles. The Balaban J connectivity index is 1.70. The minimum absolute atomic E-state index is 0.165. The number of para-hydroxylation sites is 1. The Labute approximate surface area is 175 Å². The highest BCUT2D eigenvalue weighted by molar-refractivity contribution is 6.00. The molecule has 1 aliphatic heterocycles. The van der Waals surface area contributed by atoms with Gasteiger partial charge in [0.25, 0.3) is 5.91 Å². The summed E-state index contributed by atoms with van der Waals surface area (Å²) in [6.45, 7) is 1.23. The molecule has 0 fully saturated rings. The van der Waals surface area contributed by atoms with E-state index in [4.69, 9.17) is 4.74 Å².